The first-order valence-corrected chi connectivity index (χ1v) is 4.99. The van der Waals surface area contributed by atoms with E-state index in [1.54, 1.807) is 0 Å². The third-order valence-corrected chi connectivity index (χ3v) is 2.39. The van der Waals surface area contributed by atoms with Crippen molar-refractivity contribution in [3.63, 3.8) is 0 Å². The van der Waals surface area contributed by atoms with E-state index in [1.807, 2.05) is 0 Å². The van der Waals surface area contributed by atoms with Crippen molar-refractivity contribution in [1.82, 2.24) is 4.98 Å². The van der Waals surface area contributed by atoms with Crippen LogP contribution in [-0.2, 0) is 0 Å². The molecule has 1 aromatic heterocycles. The lowest BCUT2D eigenvalue weighted by atomic mass is 10.0. The third-order valence-electron chi connectivity index (χ3n) is 2.39. The molecule has 2 nitrogen and oxygen atoms in total. The third kappa shape index (κ3) is 2.36. The highest BCUT2D eigenvalue weighted by Gasteiger charge is 2.08. The van der Waals surface area contributed by atoms with Crippen LogP contribution in [0.25, 0.3) is 11.1 Å². The van der Waals surface area contributed by atoms with E-state index in [-0.39, 0.29) is 11.3 Å². The van der Waals surface area contributed by atoms with Crippen LogP contribution in [0.15, 0.2) is 36.7 Å². The Balaban J connectivity index is 2.53. The van der Waals surface area contributed by atoms with Crippen LogP contribution in [0.1, 0.15) is 17.3 Å². The quantitative estimate of drug-likeness (QED) is 0.745. The highest BCUT2D eigenvalue weighted by Crippen LogP contribution is 2.23. The zero-order valence-electron chi connectivity index (χ0n) is 9.08. The second-order valence-corrected chi connectivity index (χ2v) is 3.64. The van der Waals surface area contributed by atoms with E-state index in [0.717, 1.165) is 6.07 Å². The summed E-state index contributed by atoms with van der Waals surface area (Å²) < 4.78 is 26.3. The van der Waals surface area contributed by atoms with E-state index in [2.05, 4.69) is 4.98 Å². The average Bonchev–Trinajstić information content (AvgIpc) is 2.29. The first-order chi connectivity index (χ1) is 8.08. The van der Waals surface area contributed by atoms with Crippen LogP contribution in [0.3, 0.4) is 0 Å². The molecule has 0 bridgehead atoms. The van der Waals surface area contributed by atoms with Gasteiger partial charge in [-0.3, -0.25) is 9.78 Å². The Morgan fingerprint density at radius 2 is 1.94 bits per heavy atom. The second kappa shape index (κ2) is 4.41. The van der Waals surface area contributed by atoms with Gasteiger partial charge >= 0.3 is 0 Å². The van der Waals surface area contributed by atoms with E-state index in [1.165, 1.54) is 37.5 Å². The van der Waals surface area contributed by atoms with Gasteiger partial charge in [0.2, 0.25) is 0 Å². The molecule has 0 aliphatic rings. The predicted molar refractivity (Wildman–Crippen MR) is 59.6 cm³/mol. The molecule has 17 heavy (non-hydrogen) atoms. The molecular formula is C13H9F2NO. The van der Waals surface area contributed by atoms with Gasteiger partial charge in [0.15, 0.2) is 5.78 Å². The van der Waals surface area contributed by atoms with Crippen LogP contribution < -0.4 is 0 Å². The van der Waals surface area contributed by atoms with Crippen molar-refractivity contribution in [1.29, 1.82) is 0 Å². The molecule has 0 unspecified atom stereocenters. The van der Waals surface area contributed by atoms with Crippen LogP contribution >= 0.6 is 0 Å². The number of rotatable bonds is 2. The summed E-state index contributed by atoms with van der Waals surface area (Å²) in [5, 5.41) is 0. The molecule has 0 saturated carbocycles. The lowest BCUT2D eigenvalue weighted by Gasteiger charge is -2.04. The van der Waals surface area contributed by atoms with Gasteiger partial charge in [0, 0.05) is 35.2 Å². The molecule has 0 spiro atoms. The number of Topliss-reactive ketones (excluding diaryl/α,β-unsaturated/α-hetero) is 1. The Bertz CT molecular complexity index is 581. The van der Waals surface area contributed by atoms with E-state index >= 15 is 0 Å². The molecule has 2 aromatic rings. The number of carbonyl (C=O) groups is 1. The van der Waals surface area contributed by atoms with Crippen molar-refractivity contribution in [3.8, 4) is 11.1 Å². The fourth-order valence-electron chi connectivity index (χ4n) is 1.50. The Kier molecular flexibility index (Phi) is 2.95. The smallest absolute Gasteiger partial charge is 0.161 e. The lowest BCUT2D eigenvalue weighted by Crippen LogP contribution is -1.95. The van der Waals surface area contributed by atoms with Crippen molar-refractivity contribution < 1.29 is 13.6 Å². The molecule has 4 heteroatoms. The summed E-state index contributed by atoms with van der Waals surface area (Å²) in [6.07, 6.45) is 2.84. The van der Waals surface area contributed by atoms with E-state index in [0.29, 0.717) is 11.1 Å². The zero-order valence-corrected chi connectivity index (χ0v) is 9.08. The van der Waals surface area contributed by atoms with Crippen molar-refractivity contribution in [2.24, 2.45) is 0 Å². The van der Waals surface area contributed by atoms with Crippen molar-refractivity contribution in [3.05, 3.63) is 53.9 Å². The molecule has 1 heterocycles. The molecule has 0 atom stereocenters. The number of pyridine rings is 1. The van der Waals surface area contributed by atoms with Crippen LogP contribution in [0.2, 0.25) is 0 Å². The molecule has 0 saturated heterocycles. The monoisotopic (exact) mass is 233 g/mol. The fourth-order valence-corrected chi connectivity index (χ4v) is 1.50. The molecule has 2 rings (SSSR count). The number of aromatic nitrogens is 1. The standard InChI is InChI=1S/C13H9F2NO/c1-8(17)9-4-10(7-16-6-9)12-3-2-11(14)5-13(12)15/h2-7H,1H3. The van der Waals surface area contributed by atoms with Crippen molar-refractivity contribution in [2.45, 2.75) is 6.92 Å². The van der Waals surface area contributed by atoms with Gasteiger partial charge in [-0.05, 0) is 25.1 Å². The molecule has 0 N–H and O–H groups in total. The number of carbonyl (C=O) groups excluding carboxylic acids is 1. The maximum atomic E-state index is 13.5. The summed E-state index contributed by atoms with van der Waals surface area (Å²) in [4.78, 5) is 15.0. The lowest BCUT2D eigenvalue weighted by molar-refractivity contribution is 0.101. The van der Waals surface area contributed by atoms with Gasteiger partial charge in [-0.1, -0.05) is 0 Å². The molecule has 1 aromatic carbocycles. The van der Waals surface area contributed by atoms with Gasteiger partial charge in [-0.2, -0.15) is 0 Å². The Morgan fingerprint density at radius 3 is 2.59 bits per heavy atom. The van der Waals surface area contributed by atoms with Crippen LogP contribution in [0.5, 0.6) is 0 Å². The van der Waals surface area contributed by atoms with E-state index in [9.17, 15) is 13.6 Å². The molecule has 0 fully saturated rings. The van der Waals surface area contributed by atoms with Gasteiger partial charge in [-0.15, -0.1) is 0 Å². The van der Waals surface area contributed by atoms with Gasteiger partial charge in [0.05, 0.1) is 0 Å². The van der Waals surface area contributed by atoms with E-state index in [4.69, 9.17) is 0 Å². The number of nitrogens with zero attached hydrogens (tertiary/aromatic N) is 1. The van der Waals surface area contributed by atoms with Crippen molar-refractivity contribution >= 4 is 5.78 Å². The normalized spacial score (nSPS) is 10.3. The first-order valence-electron chi connectivity index (χ1n) is 4.99. The summed E-state index contributed by atoms with van der Waals surface area (Å²) in [7, 11) is 0. The summed E-state index contributed by atoms with van der Waals surface area (Å²) in [6, 6.07) is 4.83. The highest BCUT2D eigenvalue weighted by atomic mass is 19.1. The molecule has 0 aliphatic heterocycles. The minimum Gasteiger partial charge on any atom is -0.294 e. The van der Waals surface area contributed by atoms with Gasteiger partial charge in [0.25, 0.3) is 0 Å². The highest BCUT2D eigenvalue weighted by molar-refractivity contribution is 5.94. The zero-order chi connectivity index (χ0) is 12.4. The molecular weight excluding hydrogens is 224 g/mol. The fraction of sp³-hybridized carbons (Fsp3) is 0.0769. The first kappa shape index (κ1) is 11.4. The SMILES string of the molecule is CC(=O)c1cncc(-c2ccc(F)cc2F)c1. The predicted octanol–water partition coefficient (Wildman–Crippen LogP) is 3.23. The van der Waals surface area contributed by atoms with Crippen LogP contribution in [0.4, 0.5) is 8.78 Å². The summed E-state index contributed by atoms with van der Waals surface area (Å²) in [5.41, 5.74) is 1.07. The maximum absolute atomic E-state index is 13.5. The number of hydrogen-bond donors (Lipinski definition) is 0. The number of ketones is 1. The number of hydrogen-bond acceptors (Lipinski definition) is 2. The summed E-state index contributed by atoms with van der Waals surface area (Å²) in [6.45, 7) is 1.40. The van der Waals surface area contributed by atoms with Crippen LogP contribution in [-0.4, -0.2) is 10.8 Å². The number of benzene rings is 1. The Morgan fingerprint density at radius 1 is 1.18 bits per heavy atom. The van der Waals surface area contributed by atoms with Crippen molar-refractivity contribution in [2.75, 3.05) is 0 Å². The molecule has 0 aliphatic carbocycles. The Labute approximate surface area is 96.9 Å². The van der Waals surface area contributed by atoms with E-state index < -0.39 is 11.6 Å². The van der Waals surface area contributed by atoms with Gasteiger partial charge in [-0.25, -0.2) is 8.78 Å². The summed E-state index contributed by atoms with van der Waals surface area (Å²) in [5.74, 6) is -1.46. The maximum Gasteiger partial charge on any atom is 0.161 e. The average molecular weight is 233 g/mol. The largest absolute Gasteiger partial charge is 0.294 e. The van der Waals surface area contributed by atoms with Gasteiger partial charge < -0.3 is 0 Å². The van der Waals surface area contributed by atoms with Gasteiger partial charge in [0.1, 0.15) is 11.6 Å². The van der Waals surface area contributed by atoms with Crippen LogP contribution in [0, 0.1) is 11.6 Å². The molecule has 0 radical (unpaired) electrons. The summed E-state index contributed by atoms with van der Waals surface area (Å²) >= 11 is 0. The minimum absolute atomic E-state index is 0.151. The Hall–Kier alpha value is -2.10. The molecule has 0 amide bonds. The second-order valence-electron chi connectivity index (χ2n) is 3.64. The molecule has 86 valence electrons. The number of halogens is 2. The minimum atomic E-state index is -0.674. The topological polar surface area (TPSA) is 30.0 Å².